The van der Waals surface area contributed by atoms with Crippen molar-refractivity contribution in [2.45, 2.75) is 6.92 Å². The Balaban J connectivity index is 1.31. The smallest absolute Gasteiger partial charge is 0.329 e. The first-order valence-corrected chi connectivity index (χ1v) is 13.5. The molecule has 2 aliphatic heterocycles. The zero-order valence-electron chi connectivity index (χ0n) is 21.7. The number of fused-ring (bicyclic) bond motifs is 11. The van der Waals surface area contributed by atoms with Crippen molar-refractivity contribution in [2.75, 3.05) is 4.81 Å². The van der Waals surface area contributed by atoms with Crippen molar-refractivity contribution in [1.82, 2.24) is 4.98 Å². The maximum Gasteiger partial charge on any atom is 0.329 e. The van der Waals surface area contributed by atoms with E-state index >= 15 is 0 Å². The van der Waals surface area contributed by atoms with E-state index in [9.17, 15) is 0 Å². The van der Waals surface area contributed by atoms with Gasteiger partial charge in [0.2, 0.25) is 0 Å². The summed E-state index contributed by atoms with van der Waals surface area (Å²) in [6.45, 7) is 2.19. The summed E-state index contributed by atoms with van der Waals surface area (Å²) in [6.07, 6.45) is 3.83. The number of benzene rings is 5. The van der Waals surface area contributed by atoms with Gasteiger partial charge in [-0.25, -0.2) is 0 Å². The van der Waals surface area contributed by atoms with Crippen molar-refractivity contribution >= 4 is 29.1 Å². The lowest BCUT2D eigenvalue weighted by molar-refractivity contribution is 1.27. The molecule has 182 valence electrons. The van der Waals surface area contributed by atoms with Crippen LogP contribution in [0.3, 0.4) is 0 Å². The molecule has 39 heavy (non-hydrogen) atoms. The Labute approximate surface area is 229 Å². The first-order valence-electron chi connectivity index (χ1n) is 13.5. The number of pyridine rings is 1. The minimum atomic E-state index is 0.110. The van der Waals surface area contributed by atoms with E-state index < -0.39 is 0 Å². The van der Waals surface area contributed by atoms with Crippen LogP contribution >= 0.6 is 0 Å². The fraction of sp³-hybridized carbons (Fsp3) is 0.0278. The summed E-state index contributed by atoms with van der Waals surface area (Å²) in [5, 5.41) is 0. The number of para-hydroxylation sites is 2. The van der Waals surface area contributed by atoms with Gasteiger partial charge in [0, 0.05) is 40.5 Å². The molecule has 0 radical (unpaired) electrons. The van der Waals surface area contributed by atoms with Crippen LogP contribution in [-0.4, -0.2) is 11.8 Å². The van der Waals surface area contributed by atoms with Crippen LogP contribution in [0.5, 0.6) is 0 Å². The Morgan fingerprint density at radius 3 is 1.74 bits per heavy atom. The number of hydrogen-bond donors (Lipinski definition) is 0. The topological polar surface area (TPSA) is 16.1 Å². The molecule has 0 N–H and O–H groups in total. The largest absolute Gasteiger partial charge is 0.376 e. The predicted octanol–water partition coefficient (Wildman–Crippen LogP) is 7.63. The van der Waals surface area contributed by atoms with E-state index in [1.165, 1.54) is 66.8 Å². The number of aryl methyl sites for hydroxylation is 1. The molecule has 0 amide bonds. The molecule has 0 atom stereocenters. The summed E-state index contributed by atoms with van der Waals surface area (Å²) in [7, 11) is 0. The lowest BCUT2D eigenvalue weighted by Crippen LogP contribution is -2.59. The Morgan fingerprint density at radius 1 is 0.487 bits per heavy atom. The number of anilines is 2. The quantitative estimate of drug-likeness (QED) is 0.229. The number of rotatable bonds is 2. The molecule has 0 spiro atoms. The highest BCUT2D eigenvalue weighted by molar-refractivity contribution is 6.92. The van der Waals surface area contributed by atoms with Crippen LogP contribution in [0.25, 0.3) is 44.5 Å². The summed E-state index contributed by atoms with van der Waals surface area (Å²) in [5.74, 6) is 0. The van der Waals surface area contributed by atoms with E-state index in [1.54, 1.807) is 0 Å². The maximum absolute atomic E-state index is 4.38. The molecule has 3 heteroatoms. The highest BCUT2D eigenvalue weighted by Crippen LogP contribution is 2.45. The monoisotopic (exact) mass is 496 g/mol. The lowest BCUT2D eigenvalue weighted by atomic mass is 9.43. The molecule has 2 aliphatic rings. The highest BCUT2D eigenvalue weighted by Gasteiger charge is 2.41. The number of aromatic nitrogens is 1. The van der Waals surface area contributed by atoms with Crippen LogP contribution in [0.4, 0.5) is 11.4 Å². The normalized spacial score (nSPS) is 12.6. The summed E-state index contributed by atoms with van der Waals surface area (Å²) < 4.78 is 0. The Morgan fingerprint density at radius 2 is 1.05 bits per heavy atom. The van der Waals surface area contributed by atoms with E-state index in [2.05, 4.69) is 138 Å². The first kappa shape index (κ1) is 22.1. The summed E-state index contributed by atoms with van der Waals surface area (Å²) in [4.78, 5) is 6.92. The second-order valence-corrected chi connectivity index (χ2v) is 10.5. The van der Waals surface area contributed by atoms with Crippen LogP contribution < -0.4 is 15.7 Å². The Kier molecular flexibility index (Phi) is 4.87. The third kappa shape index (κ3) is 3.40. The zero-order chi connectivity index (χ0) is 25.9. The average Bonchev–Trinajstić information content (AvgIpc) is 3.00. The van der Waals surface area contributed by atoms with Crippen molar-refractivity contribution in [3.05, 3.63) is 139 Å². The van der Waals surface area contributed by atoms with E-state index in [0.29, 0.717) is 0 Å². The first-order chi connectivity index (χ1) is 19.3. The van der Waals surface area contributed by atoms with E-state index in [1.807, 2.05) is 12.4 Å². The van der Waals surface area contributed by atoms with Gasteiger partial charge in [-0.05, 0) is 69.4 Å². The number of hydrogen-bond acceptors (Lipinski definition) is 2. The van der Waals surface area contributed by atoms with E-state index in [-0.39, 0.29) is 6.85 Å². The van der Waals surface area contributed by atoms with Crippen LogP contribution in [0.2, 0.25) is 0 Å². The molecule has 0 saturated carbocycles. The average molecular weight is 496 g/mol. The fourth-order valence-electron chi connectivity index (χ4n) is 6.44. The molecule has 5 aromatic carbocycles. The van der Waals surface area contributed by atoms with Gasteiger partial charge in [-0.1, -0.05) is 103 Å². The van der Waals surface area contributed by atoms with Gasteiger partial charge in [0.25, 0.3) is 0 Å². The summed E-state index contributed by atoms with van der Waals surface area (Å²) in [6, 6.07) is 44.6. The molecular weight excluding hydrogens is 471 g/mol. The molecule has 0 bridgehead atoms. The van der Waals surface area contributed by atoms with E-state index in [4.69, 9.17) is 0 Å². The molecule has 6 aromatic rings. The molecule has 8 rings (SSSR count). The predicted molar refractivity (Wildman–Crippen MR) is 164 cm³/mol. The highest BCUT2D eigenvalue weighted by atomic mass is 15.1. The molecule has 0 fully saturated rings. The third-order valence-corrected chi connectivity index (χ3v) is 8.19. The van der Waals surface area contributed by atoms with Gasteiger partial charge in [-0.15, -0.1) is 0 Å². The van der Waals surface area contributed by atoms with Crippen LogP contribution in [0.1, 0.15) is 5.56 Å². The van der Waals surface area contributed by atoms with Crippen molar-refractivity contribution in [1.29, 1.82) is 0 Å². The van der Waals surface area contributed by atoms with Gasteiger partial charge in [0.1, 0.15) is 0 Å². The minimum Gasteiger partial charge on any atom is -0.376 e. The van der Waals surface area contributed by atoms with Crippen LogP contribution in [-0.2, 0) is 0 Å². The molecule has 2 nitrogen and oxygen atoms in total. The van der Waals surface area contributed by atoms with Gasteiger partial charge in [0.05, 0.1) is 0 Å². The molecule has 1 aromatic heterocycles. The van der Waals surface area contributed by atoms with E-state index in [0.717, 1.165) is 5.56 Å². The van der Waals surface area contributed by atoms with Crippen molar-refractivity contribution < 1.29 is 0 Å². The van der Waals surface area contributed by atoms with Crippen LogP contribution in [0.15, 0.2) is 134 Å². The van der Waals surface area contributed by atoms with Crippen molar-refractivity contribution in [2.24, 2.45) is 0 Å². The maximum atomic E-state index is 4.38. The second kappa shape index (κ2) is 8.57. The second-order valence-electron chi connectivity index (χ2n) is 10.5. The Bertz CT molecular complexity index is 1890. The zero-order valence-corrected chi connectivity index (χ0v) is 21.7. The Hall–Kier alpha value is -4.89. The minimum absolute atomic E-state index is 0.110. The molecule has 0 aliphatic carbocycles. The van der Waals surface area contributed by atoms with Crippen molar-refractivity contribution in [3.8, 4) is 44.5 Å². The van der Waals surface area contributed by atoms with Gasteiger partial charge < -0.3 is 4.81 Å². The molecule has 0 unspecified atom stereocenters. The molecule has 0 saturated heterocycles. The summed E-state index contributed by atoms with van der Waals surface area (Å²) >= 11 is 0. The fourth-order valence-corrected chi connectivity index (χ4v) is 6.44. The van der Waals surface area contributed by atoms with Gasteiger partial charge >= 0.3 is 6.85 Å². The van der Waals surface area contributed by atoms with Gasteiger partial charge in [0.15, 0.2) is 0 Å². The molecule has 3 heterocycles. The number of nitrogens with zero attached hydrogens (tertiary/aromatic N) is 2. The molecular formula is C36H25BN2. The lowest BCUT2D eigenvalue weighted by Gasteiger charge is -2.43. The standard InChI is InChI=1S/C36H25BN2/c1-24-20-28(23-38-22-24)26-16-14-25(15-17-26)27-18-19-30-32-10-4-7-13-36(32)39-35-12-6-3-9-31(35)29-8-2-5-11-33(29)37(39)34(30)21-27/h2-23H,1H3. The SMILES string of the molecule is Cc1cncc(-c2ccc(-c3ccc4c(c3)B3c5ccccc5-c5ccccc5N3c3ccccc3-4)cc2)c1. The summed E-state index contributed by atoms with van der Waals surface area (Å²) in [5.41, 5.74) is 16.4. The van der Waals surface area contributed by atoms with Crippen molar-refractivity contribution in [3.63, 3.8) is 0 Å². The van der Waals surface area contributed by atoms with Gasteiger partial charge in [-0.3, -0.25) is 4.98 Å². The third-order valence-electron chi connectivity index (χ3n) is 8.19. The van der Waals surface area contributed by atoms with Crippen LogP contribution in [0, 0.1) is 6.92 Å². The van der Waals surface area contributed by atoms with Gasteiger partial charge in [-0.2, -0.15) is 0 Å².